The number of aryl methyl sites for hydroxylation is 2. The molecule has 2 heteroatoms. The van der Waals surface area contributed by atoms with Crippen LogP contribution in [0.2, 0.25) is 0 Å². The fourth-order valence-electron chi connectivity index (χ4n) is 3.85. The van der Waals surface area contributed by atoms with Gasteiger partial charge in [-0.2, -0.15) is 4.57 Å². The van der Waals surface area contributed by atoms with Gasteiger partial charge in [0.05, 0.1) is 13.2 Å². The molecule has 0 fully saturated rings. The van der Waals surface area contributed by atoms with E-state index in [0.717, 1.165) is 0 Å². The second kappa shape index (κ2) is 5.48. The summed E-state index contributed by atoms with van der Waals surface area (Å²) in [6, 6.07) is 19.7. The highest BCUT2D eigenvalue weighted by Gasteiger charge is 2.23. The van der Waals surface area contributed by atoms with Gasteiger partial charge in [0.15, 0.2) is 0 Å². The van der Waals surface area contributed by atoms with E-state index < -0.39 is 0 Å². The van der Waals surface area contributed by atoms with Gasteiger partial charge in [-0.05, 0) is 42.7 Å². The van der Waals surface area contributed by atoms with Crippen LogP contribution in [0.5, 0.6) is 0 Å². The maximum Gasteiger partial charge on any atom is 0.286 e. The summed E-state index contributed by atoms with van der Waals surface area (Å²) < 4.78 is 4.60. The van der Waals surface area contributed by atoms with Gasteiger partial charge in [0, 0.05) is 22.4 Å². The first kappa shape index (κ1) is 14.9. The standard InChI is InChI=1S/C22H23N2/c1-15(2)17-12-13-19-18-9-5-6-10-20(18)24(22(19)16(17)3)21-11-7-8-14-23(21)4/h5-15H,1-4H3/q+1. The molecule has 0 N–H and O–H groups in total. The van der Waals surface area contributed by atoms with Gasteiger partial charge < -0.3 is 0 Å². The van der Waals surface area contributed by atoms with Crippen LogP contribution in [0, 0.1) is 6.92 Å². The lowest BCUT2D eigenvalue weighted by Gasteiger charge is -2.11. The molecule has 120 valence electrons. The number of hydrogen-bond acceptors (Lipinski definition) is 0. The van der Waals surface area contributed by atoms with Gasteiger partial charge in [-0.25, -0.2) is 4.57 Å². The third-order valence-electron chi connectivity index (χ3n) is 5.01. The van der Waals surface area contributed by atoms with Crippen LogP contribution < -0.4 is 4.57 Å². The minimum Gasteiger partial charge on any atom is -0.237 e. The lowest BCUT2D eigenvalue weighted by Crippen LogP contribution is -2.33. The Kier molecular flexibility index (Phi) is 3.42. The van der Waals surface area contributed by atoms with Crippen molar-refractivity contribution in [2.24, 2.45) is 7.05 Å². The quantitative estimate of drug-likeness (QED) is 0.458. The van der Waals surface area contributed by atoms with Crippen LogP contribution in [0.3, 0.4) is 0 Å². The number of pyridine rings is 1. The molecule has 0 radical (unpaired) electrons. The Labute approximate surface area is 143 Å². The zero-order chi connectivity index (χ0) is 16.8. The lowest BCUT2D eigenvalue weighted by molar-refractivity contribution is -0.665. The lowest BCUT2D eigenvalue weighted by atomic mass is 9.95. The molecule has 0 aliphatic carbocycles. The van der Waals surface area contributed by atoms with Crippen molar-refractivity contribution in [3.05, 3.63) is 71.9 Å². The number of para-hydroxylation sites is 1. The summed E-state index contributed by atoms with van der Waals surface area (Å²) in [4.78, 5) is 0. The number of hydrogen-bond donors (Lipinski definition) is 0. The van der Waals surface area contributed by atoms with Crippen molar-refractivity contribution >= 4 is 21.8 Å². The predicted octanol–water partition coefficient (Wildman–Crippen LogP) is 5.04. The zero-order valence-corrected chi connectivity index (χ0v) is 14.7. The van der Waals surface area contributed by atoms with Crippen molar-refractivity contribution in [2.45, 2.75) is 26.7 Å². The minimum atomic E-state index is 0.519. The highest BCUT2D eigenvalue weighted by Crippen LogP contribution is 2.35. The Morgan fingerprint density at radius 1 is 0.875 bits per heavy atom. The highest BCUT2D eigenvalue weighted by molar-refractivity contribution is 6.10. The van der Waals surface area contributed by atoms with Crippen LogP contribution in [0.25, 0.3) is 27.6 Å². The molecule has 0 unspecified atom stereocenters. The maximum atomic E-state index is 2.41. The maximum absolute atomic E-state index is 2.41. The third kappa shape index (κ3) is 2.06. The molecule has 4 aromatic rings. The molecule has 0 bridgehead atoms. The van der Waals surface area contributed by atoms with Gasteiger partial charge in [-0.15, -0.1) is 0 Å². The van der Waals surface area contributed by atoms with Crippen LogP contribution in [0.15, 0.2) is 60.8 Å². The summed E-state index contributed by atoms with van der Waals surface area (Å²) in [7, 11) is 2.11. The Morgan fingerprint density at radius 3 is 2.38 bits per heavy atom. The zero-order valence-electron chi connectivity index (χ0n) is 14.7. The molecule has 0 aliphatic rings. The van der Waals surface area contributed by atoms with Crippen molar-refractivity contribution < 1.29 is 4.57 Å². The average Bonchev–Trinajstić information content (AvgIpc) is 2.91. The largest absolute Gasteiger partial charge is 0.286 e. The van der Waals surface area contributed by atoms with E-state index in [9.17, 15) is 0 Å². The van der Waals surface area contributed by atoms with Crippen LogP contribution in [0.4, 0.5) is 0 Å². The van der Waals surface area contributed by atoms with Gasteiger partial charge in [0.2, 0.25) is 0 Å². The summed E-state index contributed by atoms with van der Waals surface area (Å²) in [5.41, 5.74) is 5.38. The topological polar surface area (TPSA) is 8.81 Å². The number of fused-ring (bicyclic) bond motifs is 3. The first-order valence-electron chi connectivity index (χ1n) is 8.57. The summed E-state index contributed by atoms with van der Waals surface area (Å²) >= 11 is 0. The molecule has 2 aromatic carbocycles. The van der Waals surface area contributed by atoms with E-state index in [2.05, 4.69) is 97.7 Å². The van der Waals surface area contributed by atoms with E-state index in [1.165, 1.54) is 38.8 Å². The fourth-order valence-corrected chi connectivity index (χ4v) is 3.85. The van der Waals surface area contributed by atoms with E-state index in [0.29, 0.717) is 5.92 Å². The Hall–Kier alpha value is -2.61. The third-order valence-corrected chi connectivity index (χ3v) is 5.01. The Balaban J connectivity index is 2.24. The van der Waals surface area contributed by atoms with Gasteiger partial charge in [-0.3, -0.25) is 0 Å². The van der Waals surface area contributed by atoms with E-state index in [4.69, 9.17) is 0 Å². The van der Waals surface area contributed by atoms with E-state index >= 15 is 0 Å². The van der Waals surface area contributed by atoms with E-state index in [1.54, 1.807) is 0 Å². The van der Waals surface area contributed by atoms with Gasteiger partial charge in [-0.1, -0.05) is 38.1 Å². The second-order valence-electron chi connectivity index (χ2n) is 6.85. The van der Waals surface area contributed by atoms with E-state index in [1.807, 2.05) is 0 Å². The minimum absolute atomic E-state index is 0.519. The van der Waals surface area contributed by atoms with Crippen molar-refractivity contribution in [2.75, 3.05) is 0 Å². The first-order chi connectivity index (χ1) is 11.6. The Morgan fingerprint density at radius 2 is 1.62 bits per heavy atom. The molecule has 0 aliphatic heterocycles. The molecule has 0 saturated heterocycles. The number of rotatable bonds is 2. The molecule has 0 spiro atoms. The van der Waals surface area contributed by atoms with Gasteiger partial charge >= 0.3 is 0 Å². The SMILES string of the molecule is Cc1c(C(C)C)ccc2c3ccccc3n(-c3cccc[n+]3C)c12. The summed E-state index contributed by atoms with van der Waals surface area (Å²) in [5, 5.41) is 2.64. The van der Waals surface area contributed by atoms with E-state index in [-0.39, 0.29) is 0 Å². The molecule has 0 amide bonds. The van der Waals surface area contributed by atoms with Crippen molar-refractivity contribution in [1.82, 2.24) is 4.57 Å². The number of aromatic nitrogens is 2. The molecule has 2 aromatic heterocycles. The molecular weight excluding hydrogens is 292 g/mol. The molecule has 4 rings (SSSR count). The fraction of sp³-hybridized carbons (Fsp3) is 0.227. The summed E-state index contributed by atoms with van der Waals surface area (Å²) in [5.74, 6) is 1.71. The molecule has 2 heterocycles. The van der Waals surface area contributed by atoms with Crippen molar-refractivity contribution in [3.63, 3.8) is 0 Å². The van der Waals surface area contributed by atoms with Crippen LogP contribution in [0.1, 0.15) is 30.9 Å². The molecule has 0 saturated carbocycles. The average molecular weight is 315 g/mol. The molecule has 0 atom stereocenters. The molecular formula is C22H23N2+. The normalized spacial score (nSPS) is 11.7. The molecule has 2 nitrogen and oxygen atoms in total. The number of nitrogens with zero attached hydrogens (tertiary/aromatic N) is 2. The Bertz CT molecular complexity index is 1050. The highest BCUT2D eigenvalue weighted by atomic mass is 15.1. The monoisotopic (exact) mass is 315 g/mol. The molecule has 24 heavy (non-hydrogen) atoms. The van der Waals surface area contributed by atoms with Crippen molar-refractivity contribution in [1.29, 1.82) is 0 Å². The second-order valence-corrected chi connectivity index (χ2v) is 6.85. The first-order valence-corrected chi connectivity index (χ1v) is 8.57. The van der Waals surface area contributed by atoms with Gasteiger partial charge in [0.25, 0.3) is 5.82 Å². The predicted molar refractivity (Wildman–Crippen MR) is 101 cm³/mol. The van der Waals surface area contributed by atoms with Crippen molar-refractivity contribution in [3.8, 4) is 5.82 Å². The van der Waals surface area contributed by atoms with Crippen LogP contribution in [-0.2, 0) is 7.05 Å². The smallest absolute Gasteiger partial charge is 0.237 e. The van der Waals surface area contributed by atoms with Gasteiger partial charge in [0.1, 0.15) is 11.0 Å². The summed E-state index contributed by atoms with van der Waals surface area (Å²) in [6.07, 6.45) is 2.11. The van der Waals surface area contributed by atoms with Crippen LogP contribution >= 0.6 is 0 Å². The van der Waals surface area contributed by atoms with Crippen LogP contribution in [-0.4, -0.2) is 4.57 Å². The summed E-state index contributed by atoms with van der Waals surface area (Å²) in [6.45, 7) is 6.79. The number of benzene rings is 2.